The highest BCUT2D eigenvalue weighted by Gasteiger charge is 2.27. The molecule has 7 heteroatoms. The lowest BCUT2D eigenvalue weighted by Gasteiger charge is -2.30. The SMILES string of the molecule is C=C(CCC(=C)c1nc(C)no1)CN(C(=O)C1CCCCC1)c1cccc(/C=C/C(=O)OC)c1. The van der Waals surface area contributed by atoms with Crippen molar-refractivity contribution in [2.75, 3.05) is 18.6 Å². The first-order valence-corrected chi connectivity index (χ1v) is 11.7. The molecule has 0 radical (unpaired) electrons. The summed E-state index contributed by atoms with van der Waals surface area (Å²) in [6.45, 7) is 10.5. The summed E-state index contributed by atoms with van der Waals surface area (Å²) in [6, 6.07) is 7.60. The van der Waals surface area contributed by atoms with Gasteiger partial charge in [0.25, 0.3) is 5.89 Å². The quantitative estimate of drug-likeness (QED) is 0.262. The number of aromatic nitrogens is 2. The van der Waals surface area contributed by atoms with Gasteiger partial charge in [-0.2, -0.15) is 4.98 Å². The van der Waals surface area contributed by atoms with E-state index in [-0.39, 0.29) is 11.8 Å². The van der Waals surface area contributed by atoms with Crippen LogP contribution in [0.25, 0.3) is 11.6 Å². The number of ether oxygens (including phenoxy) is 1. The van der Waals surface area contributed by atoms with E-state index in [1.54, 1.807) is 13.0 Å². The van der Waals surface area contributed by atoms with Crippen molar-refractivity contribution in [3.05, 3.63) is 66.4 Å². The molecule has 0 bridgehead atoms. The predicted octanol–water partition coefficient (Wildman–Crippen LogP) is 5.53. The highest BCUT2D eigenvalue weighted by atomic mass is 16.5. The summed E-state index contributed by atoms with van der Waals surface area (Å²) in [4.78, 5) is 31.1. The maximum absolute atomic E-state index is 13.6. The third-order valence-electron chi connectivity index (χ3n) is 6.01. The molecule has 2 aromatic rings. The molecular formula is C27H33N3O4. The topological polar surface area (TPSA) is 85.5 Å². The number of amides is 1. The molecule has 180 valence electrons. The fourth-order valence-electron chi connectivity index (χ4n) is 4.07. The average Bonchev–Trinajstić information content (AvgIpc) is 3.31. The van der Waals surface area contributed by atoms with Crippen LogP contribution in [0.5, 0.6) is 0 Å². The Hall–Kier alpha value is -3.48. The zero-order chi connectivity index (χ0) is 24.5. The van der Waals surface area contributed by atoms with Gasteiger partial charge in [-0.05, 0) is 56.4 Å². The van der Waals surface area contributed by atoms with E-state index >= 15 is 0 Å². The van der Waals surface area contributed by atoms with Gasteiger partial charge in [-0.15, -0.1) is 0 Å². The van der Waals surface area contributed by atoms with Crippen LogP contribution in [0, 0.1) is 12.8 Å². The second kappa shape index (κ2) is 12.1. The number of nitrogens with zero attached hydrogens (tertiary/aromatic N) is 3. The van der Waals surface area contributed by atoms with Gasteiger partial charge in [0.1, 0.15) is 0 Å². The molecule has 7 nitrogen and oxygen atoms in total. The lowest BCUT2D eigenvalue weighted by atomic mass is 9.88. The van der Waals surface area contributed by atoms with Crippen molar-refractivity contribution in [3.63, 3.8) is 0 Å². The molecule has 0 aliphatic heterocycles. The number of hydrogen-bond donors (Lipinski definition) is 0. The average molecular weight is 464 g/mol. The second-order valence-electron chi connectivity index (χ2n) is 8.71. The predicted molar refractivity (Wildman–Crippen MR) is 133 cm³/mol. The zero-order valence-electron chi connectivity index (χ0n) is 20.1. The van der Waals surface area contributed by atoms with E-state index in [9.17, 15) is 9.59 Å². The molecule has 1 aromatic heterocycles. The van der Waals surface area contributed by atoms with Crippen LogP contribution < -0.4 is 4.90 Å². The van der Waals surface area contributed by atoms with Crippen molar-refractivity contribution in [1.29, 1.82) is 0 Å². The second-order valence-corrected chi connectivity index (χ2v) is 8.71. The molecule has 3 rings (SSSR count). The highest BCUT2D eigenvalue weighted by Crippen LogP contribution is 2.29. The molecule has 1 fully saturated rings. The van der Waals surface area contributed by atoms with Crippen LogP contribution in [0.4, 0.5) is 5.69 Å². The summed E-state index contributed by atoms with van der Waals surface area (Å²) in [6.07, 6.45) is 9.49. The normalized spacial score (nSPS) is 14.2. The number of carbonyl (C=O) groups excluding carboxylic acids is 2. The third-order valence-corrected chi connectivity index (χ3v) is 6.01. The van der Waals surface area contributed by atoms with Gasteiger partial charge >= 0.3 is 5.97 Å². The van der Waals surface area contributed by atoms with Crippen molar-refractivity contribution in [2.24, 2.45) is 5.92 Å². The Morgan fingerprint density at radius 1 is 1.21 bits per heavy atom. The number of methoxy groups -OCH3 is 1. The van der Waals surface area contributed by atoms with Gasteiger partial charge in [0.2, 0.25) is 5.91 Å². The van der Waals surface area contributed by atoms with Crippen molar-refractivity contribution in [3.8, 4) is 0 Å². The minimum absolute atomic E-state index is 0.0205. The molecule has 1 aromatic carbocycles. The van der Waals surface area contributed by atoms with Gasteiger partial charge in [0.05, 0.1) is 7.11 Å². The molecule has 1 saturated carbocycles. The first-order chi connectivity index (χ1) is 16.4. The maximum atomic E-state index is 13.6. The molecule has 34 heavy (non-hydrogen) atoms. The highest BCUT2D eigenvalue weighted by molar-refractivity contribution is 5.96. The van der Waals surface area contributed by atoms with Crippen molar-refractivity contribution >= 4 is 29.2 Å². The first kappa shape index (κ1) is 25.1. The number of benzene rings is 1. The summed E-state index contributed by atoms with van der Waals surface area (Å²) < 4.78 is 9.87. The summed E-state index contributed by atoms with van der Waals surface area (Å²) in [7, 11) is 1.34. The number of carbonyl (C=O) groups is 2. The van der Waals surface area contributed by atoms with Crippen LogP contribution in [0.2, 0.25) is 0 Å². The number of esters is 1. The minimum atomic E-state index is -0.425. The lowest BCUT2D eigenvalue weighted by Crippen LogP contribution is -2.38. The summed E-state index contributed by atoms with van der Waals surface area (Å²) in [5, 5.41) is 3.81. The third kappa shape index (κ3) is 7.01. The molecule has 1 aliphatic rings. The number of anilines is 1. The van der Waals surface area contributed by atoms with Crippen LogP contribution in [0.3, 0.4) is 0 Å². The molecular weight excluding hydrogens is 430 g/mol. The Bertz CT molecular complexity index is 1060. The fraction of sp³-hybridized carbons (Fsp3) is 0.407. The van der Waals surface area contributed by atoms with Crippen LogP contribution >= 0.6 is 0 Å². The minimum Gasteiger partial charge on any atom is -0.466 e. The standard InChI is InChI=1S/C27H33N3O4/c1-19(13-14-20(2)26-28-21(3)29-34-26)18-30(27(32)23-10-6-5-7-11-23)24-12-8-9-22(17-24)15-16-25(31)33-4/h8-9,12,15-17,23H,1-2,5-7,10-11,13-14,18H2,3-4H3/b16-15+. The summed E-state index contributed by atoms with van der Waals surface area (Å²) in [5.74, 6) is 0.727. The summed E-state index contributed by atoms with van der Waals surface area (Å²) in [5.41, 5.74) is 3.27. The van der Waals surface area contributed by atoms with Gasteiger partial charge in [-0.25, -0.2) is 4.79 Å². The Morgan fingerprint density at radius 3 is 2.65 bits per heavy atom. The van der Waals surface area contributed by atoms with Crippen LogP contribution in [0.15, 0.2) is 53.6 Å². The molecule has 1 aliphatic carbocycles. The van der Waals surface area contributed by atoms with E-state index < -0.39 is 5.97 Å². The van der Waals surface area contributed by atoms with E-state index in [1.165, 1.54) is 19.6 Å². The Kier molecular flexibility index (Phi) is 8.96. The Balaban J connectivity index is 1.75. The van der Waals surface area contributed by atoms with Crippen LogP contribution in [-0.2, 0) is 14.3 Å². The van der Waals surface area contributed by atoms with E-state index in [2.05, 4.69) is 28.0 Å². The molecule has 1 heterocycles. The number of aryl methyl sites for hydroxylation is 1. The van der Waals surface area contributed by atoms with E-state index in [0.29, 0.717) is 31.1 Å². The summed E-state index contributed by atoms with van der Waals surface area (Å²) >= 11 is 0. The van der Waals surface area contributed by atoms with Gasteiger partial charge in [0.15, 0.2) is 5.82 Å². The number of rotatable bonds is 10. The first-order valence-electron chi connectivity index (χ1n) is 11.7. The van der Waals surface area contributed by atoms with Gasteiger partial charge in [-0.3, -0.25) is 4.79 Å². The smallest absolute Gasteiger partial charge is 0.330 e. The van der Waals surface area contributed by atoms with E-state index in [0.717, 1.165) is 48.1 Å². The monoisotopic (exact) mass is 463 g/mol. The largest absolute Gasteiger partial charge is 0.466 e. The lowest BCUT2D eigenvalue weighted by molar-refractivity contribution is -0.134. The number of allylic oxidation sites excluding steroid dienone is 1. The van der Waals surface area contributed by atoms with Crippen molar-refractivity contribution in [2.45, 2.75) is 51.9 Å². The van der Waals surface area contributed by atoms with Crippen molar-refractivity contribution < 1.29 is 18.8 Å². The number of hydrogen-bond acceptors (Lipinski definition) is 6. The van der Waals surface area contributed by atoms with Gasteiger partial charge in [-0.1, -0.05) is 55.3 Å². The zero-order valence-corrected chi connectivity index (χ0v) is 20.1. The Labute approximate surface area is 201 Å². The molecule has 1 amide bonds. The van der Waals surface area contributed by atoms with Crippen LogP contribution in [-0.4, -0.2) is 35.7 Å². The molecule has 0 atom stereocenters. The molecule has 0 N–H and O–H groups in total. The van der Waals surface area contributed by atoms with E-state index in [1.807, 2.05) is 29.2 Å². The van der Waals surface area contributed by atoms with Crippen LogP contribution in [0.1, 0.15) is 62.2 Å². The van der Waals surface area contributed by atoms with Gasteiger partial charge < -0.3 is 14.2 Å². The molecule has 0 saturated heterocycles. The van der Waals surface area contributed by atoms with Crippen molar-refractivity contribution in [1.82, 2.24) is 10.1 Å². The molecule has 0 spiro atoms. The van der Waals surface area contributed by atoms with E-state index in [4.69, 9.17) is 4.52 Å². The Morgan fingerprint density at radius 2 is 1.97 bits per heavy atom. The molecule has 0 unspecified atom stereocenters. The van der Waals surface area contributed by atoms with Gasteiger partial charge in [0, 0.05) is 29.8 Å². The maximum Gasteiger partial charge on any atom is 0.330 e. The fourth-order valence-corrected chi connectivity index (χ4v) is 4.07.